The van der Waals surface area contributed by atoms with Crippen molar-refractivity contribution in [2.45, 2.75) is 19.9 Å². The van der Waals surface area contributed by atoms with Crippen molar-refractivity contribution in [2.75, 3.05) is 13.1 Å². The summed E-state index contributed by atoms with van der Waals surface area (Å²) in [5.41, 5.74) is 1.40. The van der Waals surface area contributed by atoms with E-state index in [2.05, 4.69) is 5.32 Å². The fourth-order valence-corrected chi connectivity index (χ4v) is 2.07. The van der Waals surface area contributed by atoms with Crippen LogP contribution in [0.4, 0.5) is 9.18 Å². The fraction of sp³-hybridized carbons (Fsp3) is 0.385. The maximum atomic E-state index is 13.2. The van der Waals surface area contributed by atoms with Gasteiger partial charge in [-0.05, 0) is 31.0 Å². The van der Waals surface area contributed by atoms with Crippen molar-refractivity contribution in [3.8, 4) is 0 Å². The third-order valence-electron chi connectivity index (χ3n) is 2.99. The van der Waals surface area contributed by atoms with Gasteiger partial charge in [0.05, 0.1) is 12.6 Å². The number of hydrogen-bond acceptors (Lipinski definition) is 2. The van der Waals surface area contributed by atoms with Gasteiger partial charge in [-0.1, -0.05) is 12.1 Å². The molecule has 1 heterocycles. The van der Waals surface area contributed by atoms with Crippen molar-refractivity contribution in [3.05, 3.63) is 35.1 Å². The molecular formula is C13H15FN2O2. The van der Waals surface area contributed by atoms with Gasteiger partial charge >= 0.3 is 6.03 Å². The van der Waals surface area contributed by atoms with Gasteiger partial charge in [0.1, 0.15) is 11.6 Å². The van der Waals surface area contributed by atoms with Gasteiger partial charge in [-0.25, -0.2) is 9.18 Å². The molecule has 2 amide bonds. The molecule has 1 N–H and O–H groups in total. The minimum atomic E-state index is -0.260. The second-order valence-electron chi connectivity index (χ2n) is 4.59. The Kier molecular flexibility index (Phi) is 3.32. The molecule has 0 aliphatic carbocycles. The molecule has 0 aromatic heterocycles. The van der Waals surface area contributed by atoms with E-state index in [9.17, 15) is 14.0 Å². The van der Waals surface area contributed by atoms with Crippen LogP contribution >= 0.6 is 0 Å². The van der Waals surface area contributed by atoms with E-state index in [0.717, 1.165) is 5.56 Å². The topological polar surface area (TPSA) is 49.4 Å². The van der Waals surface area contributed by atoms with Crippen LogP contribution in [0.25, 0.3) is 0 Å². The van der Waals surface area contributed by atoms with Gasteiger partial charge in [0.2, 0.25) is 0 Å². The summed E-state index contributed by atoms with van der Waals surface area (Å²) in [5, 5.41) is 2.78. The van der Waals surface area contributed by atoms with E-state index in [1.165, 1.54) is 17.9 Å². The van der Waals surface area contributed by atoms with E-state index < -0.39 is 0 Å². The Balaban J connectivity index is 2.14. The molecule has 1 fully saturated rings. The smallest absolute Gasteiger partial charge is 0.318 e. The Morgan fingerprint density at radius 1 is 1.56 bits per heavy atom. The molecule has 0 radical (unpaired) electrons. The molecule has 1 atom stereocenters. The van der Waals surface area contributed by atoms with Crippen molar-refractivity contribution in [1.29, 1.82) is 0 Å². The molecule has 96 valence electrons. The largest absolute Gasteiger partial charge is 0.329 e. The number of aryl methyl sites for hydroxylation is 1. The maximum Gasteiger partial charge on any atom is 0.318 e. The lowest BCUT2D eigenvalue weighted by Crippen LogP contribution is -2.32. The number of benzene rings is 1. The number of carbonyl (C=O) groups excluding carboxylic acids is 2. The van der Waals surface area contributed by atoms with Crippen LogP contribution in [0.5, 0.6) is 0 Å². The van der Waals surface area contributed by atoms with Crippen LogP contribution in [0.15, 0.2) is 18.2 Å². The molecule has 1 aliphatic rings. The number of amides is 2. The van der Waals surface area contributed by atoms with Crippen molar-refractivity contribution in [3.63, 3.8) is 0 Å². The Hall–Kier alpha value is -1.91. The summed E-state index contributed by atoms with van der Waals surface area (Å²) < 4.78 is 13.2. The zero-order valence-corrected chi connectivity index (χ0v) is 10.4. The molecule has 2 rings (SSSR count). The van der Waals surface area contributed by atoms with E-state index in [-0.39, 0.29) is 30.2 Å². The highest BCUT2D eigenvalue weighted by Crippen LogP contribution is 2.22. The van der Waals surface area contributed by atoms with E-state index in [0.29, 0.717) is 12.1 Å². The van der Waals surface area contributed by atoms with Crippen LogP contribution in [0.3, 0.4) is 0 Å². The SMILES string of the molecule is CC(=O)CN1CC(c2ccc(F)c(C)c2)NC1=O. The van der Waals surface area contributed by atoms with E-state index in [1.807, 2.05) is 0 Å². The molecule has 1 aromatic rings. The second kappa shape index (κ2) is 4.76. The van der Waals surface area contributed by atoms with Crippen molar-refractivity contribution in [1.82, 2.24) is 10.2 Å². The standard InChI is InChI=1S/C13H15FN2O2/c1-8-5-10(3-4-11(8)14)12-7-16(6-9(2)17)13(18)15-12/h3-5,12H,6-7H2,1-2H3,(H,15,18). The average Bonchev–Trinajstić information content (AvgIpc) is 2.63. The second-order valence-corrected chi connectivity index (χ2v) is 4.59. The lowest BCUT2D eigenvalue weighted by atomic mass is 10.0. The van der Waals surface area contributed by atoms with E-state index >= 15 is 0 Å². The number of nitrogens with one attached hydrogen (secondary N) is 1. The Labute approximate surface area is 105 Å². The van der Waals surface area contributed by atoms with Gasteiger partial charge in [0, 0.05) is 6.54 Å². The van der Waals surface area contributed by atoms with Gasteiger partial charge in [0.25, 0.3) is 0 Å². The van der Waals surface area contributed by atoms with Gasteiger partial charge < -0.3 is 10.2 Å². The molecule has 0 saturated carbocycles. The normalized spacial score (nSPS) is 18.9. The molecule has 1 aliphatic heterocycles. The predicted octanol–water partition coefficient (Wildman–Crippen LogP) is 1.79. The highest BCUT2D eigenvalue weighted by molar-refractivity contribution is 5.85. The number of rotatable bonds is 3. The molecule has 1 aromatic carbocycles. The number of hydrogen-bond donors (Lipinski definition) is 1. The van der Waals surface area contributed by atoms with Crippen LogP contribution in [-0.4, -0.2) is 29.8 Å². The first-order valence-electron chi connectivity index (χ1n) is 5.78. The highest BCUT2D eigenvalue weighted by atomic mass is 19.1. The van der Waals surface area contributed by atoms with Crippen LogP contribution in [0.1, 0.15) is 24.1 Å². The Morgan fingerprint density at radius 3 is 2.89 bits per heavy atom. The summed E-state index contributed by atoms with van der Waals surface area (Å²) in [6.07, 6.45) is 0. The molecule has 0 bridgehead atoms. The molecule has 1 unspecified atom stereocenters. The fourth-order valence-electron chi connectivity index (χ4n) is 2.07. The van der Waals surface area contributed by atoms with Gasteiger partial charge in [-0.15, -0.1) is 0 Å². The Bertz CT molecular complexity index is 502. The summed E-state index contributed by atoms with van der Waals surface area (Å²) in [5.74, 6) is -0.315. The number of nitrogens with zero attached hydrogens (tertiary/aromatic N) is 1. The third kappa shape index (κ3) is 2.50. The zero-order valence-electron chi connectivity index (χ0n) is 10.4. The van der Waals surface area contributed by atoms with E-state index in [1.54, 1.807) is 19.1 Å². The molecule has 1 saturated heterocycles. The summed E-state index contributed by atoms with van der Waals surface area (Å²) >= 11 is 0. The summed E-state index contributed by atoms with van der Waals surface area (Å²) in [6, 6.07) is 4.33. The monoisotopic (exact) mass is 250 g/mol. The maximum absolute atomic E-state index is 13.2. The van der Waals surface area contributed by atoms with Gasteiger partial charge in [0.15, 0.2) is 0 Å². The zero-order chi connectivity index (χ0) is 13.3. The van der Waals surface area contributed by atoms with Crippen LogP contribution < -0.4 is 5.32 Å². The van der Waals surface area contributed by atoms with Crippen molar-refractivity contribution in [2.24, 2.45) is 0 Å². The first kappa shape index (κ1) is 12.5. The van der Waals surface area contributed by atoms with E-state index in [4.69, 9.17) is 0 Å². The van der Waals surface area contributed by atoms with Crippen LogP contribution in [0.2, 0.25) is 0 Å². The minimum absolute atomic E-state index is 0.0545. The highest BCUT2D eigenvalue weighted by Gasteiger charge is 2.30. The van der Waals surface area contributed by atoms with Gasteiger partial charge in [-0.3, -0.25) is 4.79 Å². The molecule has 5 heteroatoms. The summed E-state index contributed by atoms with van der Waals surface area (Å²) in [7, 11) is 0. The Morgan fingerprint density at radius 2 is 2.28 bits per heavy atom. The summed E-state index contributed by atoms with van der Waals surface area (Å²) in [4.78, 5) is 24.1. The first-order chi connectivity index (χ1) is 8.47. The molecule has 18 heavy (non-hydrogen) atoms. The molecular weight excluding hydrogens is 235 g/mol. The lowest BCUT2D eigenvalue weighted by molar-refractivity contribution is -0.117. The van der Waals surface area contributed by atoms with Crippen LogP contribution in [0, 0.1) is 12.7 Å². The third-order valence-corrected chi connectivity index (χ3v) is 2.99. The van der Waals surface area contributed by atoms with Crippen molar-refractivity contribution < 1.29 is 14.0 Å². The minimum Gasteiger partial charge on any atom is -0.329 e. The van der Waals surface area contributed by atoms with Crippen molar-refractivity contribution >= 4 is 11.8 Å². The van der Waals surface area contributed by atoms with Crippen LogP contribution in [-0.2, 0) is 4.79 Å². The summed E-state index contributed by atoms with van der Waals surface area (Å²) in [6.45, 7) is 3.68. The molecule has 4 nitrogen and oxygen atoms in total. The number of urea groups is 1. The average molecular weight is 250 g/mol. The number of carbonyl (C=O) groups is 2. The number of halogens is 1. The van der Waals surface area contributed by atoms with Gasteiger partial charge in [-0.2, -0.15) is 0 Å². The molecule has 0 spiro atoms. The number of Topliss-reactive ketones (excluding diaryl/α,β-unsaturated/α-hetero) is 1. The predicted molar refractivity (Wildman–Crippen MR) is 64.7 cm³/mol. The lowest BCUT2D eigenvalue weighted by Gasteiger charge is -2.13. The first-order valence-corrected chi connectivity index (χ1v) is 5.78. The number of ketones is 1. The quantitative estimate of drug-likeness (QED) is 0.889.